The van der Waals surface area contributed by atoms with Crippen LogP contribution in [0.2, 0.25) is 5.02 Å². The average molecular weight is 373 g/mol. The largest absolute Gasteiger partial charge is 0.455 e. The highest BCUT2D eigenvalue weighted by Crippen LogP contribution is 2.36. The number of non-ortho nitro benzene ring substituents is 1. The highest BCUT2D eigenvalue weighted by molar-refractivity contribution is 9.10. The molecule has 0 heterocycles. The summed E-state index contributed by atoms with van der Waals surface area (Å²) in [6, 6.07) is 9.14. The highest BCUT2D eigenvalue weighted by atomic mass is 79.9. The van der Waals surface area contributed by atoms with Crippen LogP contribution in [0.1, 0.15) is 18.6 Å². The summed E-state index contributed by atoms with van der Waals surface area (Å²) in [6.45, 7) is 1.66. The van der Waals surface area contributed by atoms with E-state index in [1.807, 2.05) is 0 Å². The van der Waals surface area contributed by atoms with Gasteiger partial charge in [-0.2, -0.15) is 0 Å². The SMILES string of the molecule is C[C@H](O)c1ccc(Oc2ccc([N+](=O)[O-])cc2Cl)c(Br)c1. The standard InChI is InChI=1S/C14H11BrClNO4/c1-8(18)9-2-4-13(11(15)6-9)21-14-5-3-10(17(19)20)7-12(14)16/h2-8,18H,1H3/t8-/m0/s1. The van der Waals surface area contributed by atoms with Gasteiger partial charge in [0.15, 0.2) is 0 Å². The fraction of sp³-hybridized carbons (Fsp3) is 0.143. The quantitative estimate of drug-likeness (QED) is 0.614. The lowest BCUT2D eigenvalue weighted by Crippen LogP contribution is -1.93. The summed E-state index contributed by atoms with van der Waals surface area (Å²) in [6.07, 6.45) is -0.585. The van der Waals surface area contributed by atoms with E-state index in [9.17, 15) is 15.2 Å². The summed E-state index contributed by atoms with van der Waals surface area (Å²) in [5, 5.41) is 20.3. The van der Waals surface area contributed by atoms with Crippen LogP contribution in [0.5, 0.6) is 11.5 Å². The van der Waals surface area contributed by atoms with Crippen molar-refractivity contribution in [1.29, 1.82) is 0 Å². The number of hydrogen-bond donors (Lipinski definition) is 1. The van der Waals surface area contributed by atoms with Crippen LogP contribution in [-0.2, 0) is 0 Å². The van der Waals surface area contributed by atoms with Crippen molar-refractivity contribution in [3.63, 3.8) is 0 Å². The molecule has 0 spiro atoms. The van der Waals surface area contributed by atoms with E-state index in [1.165, 1.54) is 18.2 Å². The summed E-state index contributed by atoms with van der Waals surface area (Å²) in [7, 11) is 0. The normalized spacial score (nSPS) is 12.0. The van der Waals surface area contributed by atoms with Gasteiger partial charge in [0, 0.05) is 12.1 Å². The first kappa shape index (κ1) is 15.8. The molecule has 0 bridgehead atoms. The number of benzene rings is 2. The molecule has 0 aliphatic rings. The number of nitro benzene ring substituents is 1. The molecule has 21 heavy (non-hydrogen) atoms. The van der Waals surface area contributed by atoms with Crippen molar-refractivity contribution in [3.05, 3.63) is 61.6 Å². The van der Waals surface area contributed by atoms with Gasteiger partial charge < -0.3 is 9.84 Å². The molecule has 0 saturated heterocycles. The average Bonchev–Trinajstić information content (AvgIpc) is 2.42. The zero-order valence-corrected chi connectivity index (χ0v) is 13.3. The topological polar surface area (TPSA) is 72.6 Å². The van der Waals surface area contributed by atoms with Gasteiger partial charge in [-0.25, -0.2) is 0 Å². The first-order valence-corrected chi connectivity index (χ1v) is 7.15. The summed E-state index contributed by atoms with van der Waals surface area (Å²) in [5.41, 5.74) is 0.639. The van der Waals surface area contributed by atoms with Crippen molar-refractivity contribution in [3.8, 4) is 11.5 Å². The molecule has 7 heteroatoms. The number of rotatable bonds is 4. The van der Waals surface area contributed by atoms with Gasteiger partial charge in [0.05, 0.1) is 20.5 Å². The number of aliphatic hydroxyl groups is 1. The van der Waals surface area contributed by atoms with Crippen LogP contribution in [0.4, 0.5) is 5.69 Å². The Bertz CT molecular complexity index is 691. The van der Waals surface area contributed by atoms with Crippen LogP contribution in [0.25, 0.3) is 0 Å². The fourth-order valence-electron chi connectivity index (χ4n) is 1.66. The lowest BCUT2D eigenvalue weighted by atomic mass is 10.1. The minimum absolute atomic E-state index is 0.101. The molecule has 0 aliphatic heterocycles. The molecule has 2 rings (SSSR count). The van der Waals surface area contributed by atoms with Crippen molar-refractivity contribution in [1.82, 2.24) is 0 Å². The monoisotopic (exact) mass is 371 g/mol. The van der Waals surface area contributed by atoms with E-state index in [0.717, 1.165) is 5.56 Å². The zero-order chi connectivity index (χ0) is 15.6. The van der Waals surface area contributed by atoms with Gasteiger partial charge in [-0.05, 0) is 46.6 Å². The maximum Gasteiger partial charge on any atom is 0.271 e. The van der Waals surface area contributed by atoms with Gasteiger partial charge in [-0.3, -0.25) is 10.1 Å². The van der Waals surface area contributed by atoms with Gasteiger partial charge in [0.25, 0.3) is 5.69 Å². The third-order valence-electron chi connectivity index (χ3n) is 2.78. The highest BCUT2D eigenvalue weighted by Gasteiger charge is 2.13. The molecule has 2 aromatic rings. The van der Waals surface area contributed by atoms with E-state index >= 15 is 0 Å². The maximum absolute atomic E-state index is 10.7. The number of nitrogens with zero attached hydrogens (tertiary/aromatic N) is 1. The number of hydrogen-bond acceptors (Lipinski definition) is 4. The van der Waals surface area contributed by atoms with E-state index in [1.54, 1.807) is 25.1 Å². The minimum Gasteiger partial charge on any atom is -0.455 e. The molecule has 0 amide bonds. The number of aliphatic hydroxyl groups excluding tert-OH is 1. The Hall–Kier alpha value is -1.63. The Labute approximate surface area is 134 Å². The lowest BCUT2D eigenvalue weighted by molar-refractivity contribution is -0.384. The van der Waals surface area contributed by atoms with Crippen LogP contribution in [0.3, 0.4) is 0 Å². The maximum atomic E-state index is 10.7. The first-order chi connectivity index (χ1) is 9.88. The van der Waals surface area contributed by atoms with E-state index in [4.69, 9.17) is 16.3 Å². The fourth-order valence-corrected chi connectivity index (χ4v) is 2.36. The predicted molar refractivity (Wildman–Crippen MR) is 83.0 cm³/mol. The van der Waals surface area contributed by atoms with E-state index < -0.39 is 11.0 Å². The Kier molecular flexibility index (Phi) is 4.82. The molecule has 0 aromatic heterocycles. The second-order valence-corrected chi connectivity index (χ2v) is 5.60. The van der Waals surface area contributed by atoms with Crippen LogP contribution in [-0.4, -0.2) is 10.0 Å². The van der Waals surface area contributed by atoms with Crippen molar-refractivity contribution in [2.75, 3.05) is 0 Å². The van der Waals surface area contributed by atoms with E-state index in [0.29, 0.717) is 16.0 Å². The van der Waals surface area contributed by atoms with E-state index in [-0.39, 0.29) is 10.7 Å². The van der Waals surface area contributed by atoms with E-state index in [2.05, 4.69) is 15.9 Å². The number of ether oxygens (including phenoxy) is 1. The Morgan fingerprint density at radius 2 is 1.95 bits per heavy atom. The predicted octanol–water partition coefficient (Wildman–Crippen LogP) is 4.86. The molecule has 5 nitrogen and oxygen atoms in total. The van der Waals surface area contributed by atoms with Gasteiger partial charge in [0.1, 0.15) is 11.5 Å². The van der Waals surface area contributed by atoms with Crippen molar-refractivity contribution >= 4 is 33.2 Å². The molecule has 0 fully saturated rings. The van der Waals surface area contributed by atoms with Crippen LogP contribution in [0.15, 0.2) is 40.9 Å². The number of halogens is 2. The number of nitro groups is 1. The Morgan fingerprint density at radius 1 is 1.29 bits per heavy atom. The minimum atomic E-state index is -0.585. The van der Waals surface area contributed by atoms with Gasteiger partial charge >= 0.3 is 0 Å². The lowest BCUT2D eigenvalue weighted by Gasteiger charge is -2.11. The van der Waals surface area contributed by atoms with Crippen molar-refractivity contribution in [2.24, 2.45) is 0 Å². The van der Waals surface area contributed by atoms with Crippen LogP contribution in [0, 0.1) is 10.1 Å². The second kappa shape index (κ2) is 6.43. The molecular formula is C14H11BrClNO4. The molecule has 1 N–H and O–H groups in total. The smallest absolute Gasteiger partial charge is 0.271 e. The Morgan fingerprint density at radius 3 is 2.48 bits per heavy atom. The van der Waals surface area contributed by atoms with Crippen molar-refractivity contribution in [2.45, 2.75) is 13.0 Å². The summed E-state index contributed by atoms with van der Waals surface area (Å²) in [4.78, 5) is 10.1. The molecule has 0 radical (unpaired) electrons. The molecule has 110 valence electrons. The molecule has 0 saturated carbocycles. The molecule has 2 aromatic carbocycles. The third-order valence-corrected chi connectivity index (χ3v) is 3.70. The summed E-state index contributed by atoms with van der Waals surface area (Å²) >= 11 is 9.32. The molecular weight excluding hydrogens is 362 g/mol. The summed E-state index contributed by atoms with van der Waals surface area (Å²) in [5.74, 6) is 0.808. The summed E-state index contributed by atoms with van der Waals surface area (Å²) < 4.78 is 6.27. The molecule has 1 atom stereocenters. The molecule has 0 aliphatic carbocycles. The molecule has 0 unspecified atom stereocenters. The van der Waals surface area contributed by atoms with Gasteiger partial charge in [0.2, 0.25) is 0 Å². The first-order valence-electron chi connectivity index (χ1n) is 5.98. The van der Waals surface area contributed by atoms with Gasteiger partial charge in [-0.15, -0.1) is 0 Å². The van der Waals surface area contributed by atoms with Crippen molar-refractivity contribution < 1.29 is 14.8 Å². The third kappa shape index (κ3) is 3.72. The van der Waals surface area contributed by atoms with Gasteiger partial charge in [-0.1, -0.05) is 17.7 Å². The zero-order valence-electron chi connectivity index (χ0n) is 10.9. The van der Waals surface area contributed by atoms with Crippen LogP contribution < -0.4 is 4.74 Å². The second-order valence-electron chi connectivity index (χ2n) is 4.34. The Balaban J connectivity index is 2.28. The van der Waals surface area contributed by atoms with Crippen LogP contribution >= 0.6 is 27.5 Å².